The van der Waals surface area contributed by atoms with Crippen LogP contribution < -0.4 is 10.5 Å². The van der Waals surface area contributed by atoms with Crippen molar-refractivity contribution in [3.63, 3.8) is 0 Å². The van der Waals surface area contributed by atoms with E-state index < -0.39 is 0 Å². The van der Waals surface area contributed by atoms with Crippen LogP contribution in [-0.4, -0.2) is 18.3 Å². The van der Waals surface area contributed by atoms with Gasteiger partial charge in [0.15, 0.2) is 0 Å². The first kappa shape index (κ1) is 14.3. The number of hydrogen-bond donors (Lipinski definition) is 1. The fraction of sp³-hybridized carbons (Fsp3) is 0.214. The fourth-order valence-electron chi connectivity index (χ4n) is 1.78. The lowest BCUT2D eigenvalue weighted by atomic mass is 10.3. The van der Waals surface area contributed by atoms with Crippen molar-refractivity contribution in [1.82, 2.24) is 4.57 Å². The van der Waals surface area contributed by atoms with E-state index in [2.05, 4.69) is 6.07 Å². The molecule has 0 aliphatic heterocycles. The molecule has 0 atom stereocenters. The van der Waals surface area contributed by atoms with E-state index in [4.69, 9.17) is 32.1 Å². The Morgan fingerprint density at radius 3 is 2.65 bits per heavy atom. The molecule has 2 N–H and O–H groups in total. The molecule has 0 unspecified atom stereocenters. The average Bonchev–Trinajstić information content (AvgIpc) is 2.75. The van der Waals surface area contributed by atoms with Gasteiger partial charge in [0.05, 0.1) is 18.8 Å². The maximum absolute atomic E-state index is 9.12. The van der Waals surface area contributed by atoms with Crippen molar-refractivity contribution in [2.75, 3.05) is 19.5 Å². The third-order valence-electron chi connectivity index (χ3n) is 2.74. The second-order valence-corrected chi connectivity index (χ2v) is 4.54. The zero-order valence-electron chi connectivity index (χ0n) is 11.0. The first-order valence-electron chi connectivity index (χ1n) is 5.97. The molecule has 5 nitrogen and oxygen atoms in total. The summed E-state index contributed by atoms with van der Waals surface area (Å²) < 4.78 is 12.5. The maximum atomic E-state index is 9.12. The molecule has 0 aliphatic carbocycles. The Morgan fingerprint density at radius 2 is 2.05 bits per heavy atom. The molecule has 0 bridgehead atoms. The second-order valence-electron chi connectivity index (χ2n) is 4.10. The Kier molecular flexibility index (Phi) is 4.51. The number of halogens is 1. The van der Waals surface area contributed by atoms with Gasteiger partial charge in [0.25, 0.3) is 0 Å². The first-order valence-corrected chi connectivity index (χ1v) is 6.35. The molecule has 6 heteroatoms. The van der Waals surface area contributed by atoms with E-state index in [1.165, 1.54) is 0 Å². The first-order chi connectivity index (χ1) is 9.65. The van der Waals surface area contributed by atoms with Crippen LogP contribution in [0.4, 0.5) is 5.69 Å². The van der Waals surface area contributed by atoms with Crippen LogP contribution in [0.25, 0.3) is 0 Å². The highest BCUT2D eigenvalue weighted by Crippen LogP contribution is 2.31. The fourth-order valence-corrected chi connectivity index (χ4v) is 1.90. The zero-order chi connectivity index (χ0) is 14.5. The summed E-state index contributed by atoms with van der Waals surface area (Å²) in [6, 6.07) is 10.6. The molecule has 2 aromatic rings. The Bertz CT molecular complexity index is 629. The van der Waals surface area contributed by atoms with E-state index in [9.17, 15) is 0 Å². The predicted octanol–water partition coefficient (Wildman–Crippen LogP) is 3.03. The van der Waals surface area contributed by atoms with Crippen molar-refractivity contribution >= 4 is 17.3 Å². The molecule has 0 fully saturated rings. The predicted molar refractivity (Wildman–Crippen MR) is 77.0 cm³/mol. The number of nitrogen functional groups attached to an aromatic ring is 1. The van der Waals surface area contributed by atoms with E-state index in [0.717, 1.165) is 0 Å². The van der Waals surface area contributed by atoms with E-state index in [0.29, 0.717) is 41.2 Å². The number of methoxy groups -OCH3 is 1. The summed E-state index contributed by atoms with van der Waals surface area (Å²) in [4.78, 5) is 0. The highest BCUT2D eigenvalue weighted by Gasteiger charge is 2.15. The molecule has 1 aromatic carbocycles. The summed E-state index contributed by atoms with van der Waals surface area (Å²) in [7, 11) is 1.60. The van der Waals surface area contributed by atoms with Crippen LogP contribution in [0.15, 0.2) is 30.3 Å². The standard InChI is InChI=1S/C14H14ClN3O2/c1-19-7-6-18-11(9-16)8-13(17)14(18)20-12-4-2-10(15)3-5-12/h2-5,8H,6-7,17H2,1H3. The third-order valence-corrected chi connectivity index (χ3v) is 2.99. The molecule has 0 aliphatic rings. The summed E-state index contributed by atoms with van der Waals surface area (Å²) in [5.74, 6) is 1.03. The number of aromatic nitrogens is 1. The number of nitrogens with two attached hydrogens (primary N) is 1. The summed E-state index contributed by atoms with van der Waals surface area (Å²) >= 11 is 5.83. The largest absolute Gasteiger partial charge is 0.439 e. The minimum atomic E-state index is 0.410. The molecule has 0 saturated heterocycles. The minimum Gasteiger partial charge on any atom is -0.439 e. The van der Waals surface area contributed by atoms with Crippen LogP contribution in [0.1, 0.15) is 5.69 Å². The molecule has 0 saturated carbocycles. The smallest absolute Gasteiger partial charge is 0.224 e. The number of nitriles is 1. The lowest BCUT2D eigenvalue weighted by Gasteiger charge is -2.11. The van der Waals surface area contributed by atoms with Crippen LogP contribution in [0.2, 0.25) is 5.02 Å². The van der Waals surface area contributed by atoms with Gasteiger partial charge in [-0.05, 0) is 24.3 Å². The molecular formula is C14H14ClN3O2. The normalized spacial score (nSPS) is 10.2. The van der Waals surface area contributed by atoms with E-state index in [-0.39, 0.29) is 0 Å². The third kappa shape index (κ3) is 3.05. The number of anilines is 1. The van der Waals surface area contributed by atoms with Crippen LogP contribution in [0.5, 0.6) is 11.6 Å². The monoisotopic (exact) mass is 291 g/mol. The quantitative estimate of drug-likeness (QED) is 0.919. The molecule has 1 aromatic heterocycles. The van der Waals surface area contributed by atoms with Gasteiger partial charge in [-0.1, -0.05) is 11.6 Å². The van der Waals surface area contributed by atoms with Gasteiger partial charge in [-0.3, -0.25) is 4.57 Å². The lowest BCUT2D eigenvalue weighted by molar-refractivity contribution is 0.184. The van der Waals surface area contributed by atoms with Gasteiger partial charge in [0.2, 0.25) is 5.88 Å². The van der Waals surface area contributed by atoms with Gasteiger partial charge in [0, 0.05) is 18.2 Å². The molecule has 104 valence electrons. The molecule has 0 spiro atoms. The molecule has 0 amide bonds. The summed E-state index contributed by atoms with van der Waals surface area (Å²) in [6.45, 7) is 0.944. The van der Waals surface area contributed by atoms with Gasteiger partial charge in [0.1, 0.15) is 17.5 Å². The van der Waals surface area contributed by atoms with Crippen molar-refractivity contribution in [1.29, 1.82) is 5.26 Å². The SMILES string of the molecule is COCCn1c(C#N)cc(N)c1Oc1ccc(Cl)cc1. The summed E-state index contributed by atoms with van der Waals surface area (Å²) in [5.41, 5.74) is 6.75. The molecule has 0 radical (unpaired) electrons. The van der Waals surface area contributed by atoms with Gasteiger partial charge >= 0.3 is 0 Å². The Labute approximate surface area is 122 Å². The Hall–Kier alpha value is -2.16. The highest BCUT2D eigenvalue weighted by molar-refractivity contribution is 6.30. The van der Waals surface area contributed by atoms with Gasteiger partial charge < -0.3 is 15.2 Å². The Morgan fingerprint density at radius 1 is 1.35 bits per heavy atom. The topological polar surface area (TPSA) is 73.2 Å². The molecule has 20 heavy (non-hydrogen) atoms. The number of ether oxygens (including phenoxy) is 2. The average molecular weight is 292 g/mol. The van der Waals surface area contributed by atoms with Crippen molar-refractivity contribution in [3.05, 3.63) is 41.0 Å². The lowest BCUT2D eigenvalue weighted by Crippen LogP contribution is -2.08. The van der Waals surface area contributed by atoms with Crippen LogP contribution in [-0.2, 0) is 11.3 Å². The van der Waals surface area contributed by atoms with Crippen LogP contribution in [0.3, 0.4) is 0 Å². The van der Waals surface area contributed by atoms with Gasteiger partial charge in [-0.25, -0.2) is 0 Å². The van der Waals surface area contributed by atoms with E-state index in [1.807, 2.05) is 0 Å². The number of benzene rings is 1. The van der Waals surface area contributed by atoms with Crippen LogP contribution >= 0.6 is 11.6 Å². The number of rotatable bonds is 5. The van der Waals surface area contributed by atoms with Gasteiger partial charge in [-0.2, -0.15) is 5.26 Å². The zero-order valence-corrected chi connectivity index (χ0v) is 11.7. The number of nitrogens with zero attached hydrogens (tertiary/aromatic N) is 2. The number of hydrogen-bond acceptors (Lipinski definition) is 4. The molecule has 1 heterocycles. The summed E-state index contributed by atoms with van der Waals surface area (Å²) in [5, 5.41) is 9.74. The van der Waals surface area contributed by atoms with Crippen molar-refractivity contribution < 1.29 is 9.47 Å². The van der Waals surface area contributed by atoms with Crippen molar-refractivity contribution in [3.8, 4) is 17.7 Å². The highest BCUT2D eigenvalue weighted by atomic mass is 35.5. The van der Waals surface area contributed by atoms with Gasteiger partial charge in [-0.15, -0.1) is 0 Å². The van der Waals surface area contributed by atoms with Crippen molar-refractivity contribution in [2.45, 2.75) is 6.54 Å². The van der Waals surface area contributed by atoms with Crippen LogP contribution in [0, 0.1) is 11.3 Å². The van der Waals surface area contributed by atoms with E-state index >= 15 is 0 Å². The second kappa shape index (κ2) is 6.33. The molecule has 2 rings (SSSR count). The van der Waals surface area contributed by atoms with Crippen molar-refractivity contribution in [2.24, 2.45) is 0 Å². The molecular weight excluding hydrogens is 278 g/mol. The maximum Gasteiger partial charge on any atom is 0.224 e. The summed E-state index contributed by atoms with van der Waals surface area (Å²) in [6.07, 6.45) is 0. The Balaban J connectivity index is 2.32. The van der Waals surface area contributed by atoms with E-state index in [1.54, 1.807) is 42.0 Å². The minimum absolute atomic E-state index is 0.410.